The summed E-state index contributed by atoms with van der Waals surface area (Å²) in [6, 6.07) is 5.32. The summed E-state index contributed by atoms with van der Waals surface area (Å²) >= 11 is 0. The third kappa shape index (κ3) is 8.24. The van der Waals surface area contributed by atoms with Crippen molar-refractivity contribution in [2.75, 3.05) is 6.54 Å². The number of benzene rings is 1. The zero-order chi connectivity index (χ0) is 32.6. The molecule has 0 bridgehead atoms. The highest BCUT2D eigenvalue weighted by molar-refractivity contribution is 6.38. The molecular weight excluding hydrogens is 562 g/mol. The van der Waals surface area contributed by atoms with E-state index in [9.17, 15) is 28.8 Å². The Hall–Kier alpha value is -3.76. The van der Waals surface area contributed by atoms with E-state index in [1.165, 1.54) is 0 Å². The number of carbonyl (C=O) groups is 6. The van der Waals surface area contributed by atoms with E-state index in [2.05, 4.69) is 21.3 Å². The average molecular weight is 612 g/mol. The fourth-order valence-electron chi connectivity index (χ4n) is 6.51. The molecule has 0 aromatic heterocycles. The van der Waals surface area contributed by atoms with Crippen molar-refractivity contribution in [3.63, 3.8) is 0 Å². The molecule has 1 saturated carbocycles. The lowest BCUT2D eigenvalue weighted by Crippen LogP contribution is -2.60. The lowest BCUT2D eigenvalue weighted by molar-refractivity contribution is -0.145. The number of hydrogen-bond acceptors (Lipinski definition) is 6. The molecule has 4 N–H and O–H groups in total. The van der Waals surface area contributed by atoms with Gasteiger partial charge in [0.2, 0.25) is 29.9 Å². The van der Waals surface area contributed by atoms with Crippen LogP contribution in [0.2, 0.25) is 0 Å². The van der Waals surface area contributed by atoms with Crippen LogP contribution in [-0.2, 0) is 28.8 Å². The second-order valence-corrected chi connectivity index (χ2v) is 12.8. The molecule has 0 spiro atoms. The van der Waals surface area contributed by atoms with Gasteiger partial charge >= 0.3 is 0 Å². The van der Waals surface area contributed by atoms with E-state index < -0.39 is 53.7 Å². The van der Waals surface area contributed by atoms with Crippen LogP contribution >= 0.6 is 0 Å². The SMILES string of the molecule is CCCC(NC(=O)C1[C@H]2CCC[C@H]2CN1C(=O)[C@@H](NC(=O)[C@@H](NC=O)C(C)C)C(C)C)C(=O)C(=O)N[C@@H](C)c1ccccc1. The molecule has 1 aliphatic heterocycles. The molecule has 1 heterocycles. The lowest BCUT2D eigenvalue weighted by atomic mass is 9.92. The van der Waals surface area contributed by atoms with Gasteiger partial charge < -0.3 is 26.2 Å². The van der Waals surface area contributed by atoms with Crippen LogP contribution in [0, 0.1) is 23.7 Å². The summed E-state index contributed by atoms with van der Waals surface area (Å²) < 4.78 is 0. The molecule has 11 nitrogen and oxygen atoms in total. The molecule has 0 radical (unpaired) electrons. The number of carbonyl (C=O) groups excluding carboxylic acids is 6. The van der Waals surface area contributed by atoms with Crippen molar-refractivity contribution in [2.45, 2.75) is 104 Å². The van der Waals surface area contributed by atoms with Crippen molar-refractivity contribution < 1.29 is 28.8 Å². The standard InChI is InChI=1S/C33H49N5O6/c1-7-12-25(29(40)32(43)35-21(6)22-13-9-8-10-14-22)36-31(42)28-24-16-11-15-23(24)17-38(28)33(44)27(20(4)5)37-30(41)26(19(2)3)34-18-39/h8-10,13-14,18-21,23-28H,7,11-12,15-17H2,1-6H3,(H,34,39)(H,35,43)(H,36,42)(H,37,41)/t21-,23-,24-,25?,26-,27-,28?/m0/s1. The van der Waals surface area contributed by atoms with Gasteiger partial charge in [-0.15, -0.1) is 0 Å². The second-order valence-electron chi connectivity index (χ2n) is 12.8. The summed E-state index contributed by atoms with van der Waals surface area (Å²) in [6.07, 6.45) is 3.89. The first-order valence-corrected chi connectivity index (χ1v) is 15.9. The Labute approximate surface area is 260 Å². The Morgan fingerprint density at radius 3 is 2.16 bits per heavy atom. The molecule has 1 saturated heterocycles. The van der Waals surface area contributed by atoms with Crippen LogP contribution in [0.3, 0.4) is 0 Å². The van der Waals surface area contributed by atoms with Gasteiger partial charge in [0.25, 0.3) is 5.91 Å². The van der Waals surface area contributed by atoms with Crippen LogP contribution in [0.5, 0.6) is 0 Å². The third-order valence-corrected chi connectivity index (χ3v) is 8.95. The van der Waals surface area contributed by atoms with Crippen LogP contribution in [0.1, 0.15) is 85.3 Å². The van der Waals surface area contributed by atoms with E-state index in [0.29, 0.717) is 19.4 Å². The first-order chi connectivity index (χ1) is 20.9. The molecule has 242 valence electrons. The van der Waals surface area contributed by atoms with Gasteiger partial charge in [-0.1, -0.05) is 77.8 Å². The van der Waals surface area contributed by atoms with Crippen LogP contribution in [-0.4, -0.2) is 71.4 Å². The number of nitrogens with one attached hydrogen (secondary N) is 4. The lowest BCUT2D eigenvalue weighted by Gasteiger charge is -2.33. The summed E-state index contributed by atoms with van der Waals surface area (Å²) in [4.78, 5) is 80.0. The number of nitrogens with zero attached hydrogens (tertiary/aromatic N) is 1. The van der Waals surface area contributed by atoms with Crippen molar-refractivity contribution in [3.8, 4) is 0 Å². The molecule has 3 rings (SSSR count). The number of hydrogen-bond donors (Lipinski definition) is 4. The van der Waals surface area contributed by atoms with Gasteiger partial charge in [0.1, 0.15) is 18.1 Å². The van der Waals surface area contributed by atoms with Crippen LogP contribution in [0.25, 0.3) is 0 Å². The zero-order valence-electron chi connectivity index (χ0n) is 26.8. The Balaban J connectivity index is 1.79. The molecule has 5 amide bonds. The fourth-order valence-corrected chi connectivity index (χ4v) is 6.51. The third-order valence-electron chi connectivity index (χ3n) is 8.95. The van der Waals surface area contributed by atoms with E-state index in [1.807, 2.05) is 51.1 Å². The average Bonchev–Trinajstić information content (AvgIpc) is 3.59. The number of ketones is 1. The van der Waals surface area contributed by atoms with Crippen molar-refractivity contribution in [3.05, 3.63) is 35.9 Å². The van der Waals surface area contributed by atoms with E-state index in [-0.39, 0.29) is 36.0 Å². The van der Waals surface area contributed by atoms with Crippen LogP contribution < -0.4 is 21.3 Å². The van der Waals surface area contributed by atoms with Crippen LogP contribution in [0.4, 0.5) is 0 Å². The zero-order valence-corrected chi connectivity index (χ0v) is 26.8. The normalized spacial score (nSPS) is 22.0. The number of likely N-dealkylation sites (tertiary alicyclic amines) is 1. The Morgan fingerprint density at radius 2 is 1.57 bits per heavy atom. The Bertz CT molecular complexity index is 1190. The molecule has 2 aliphatic rings. The Kier molecular flexibility index (Phi) is 12.5. The quantitative estimate of drug-likeness (QED) is 0.176. The summed E-state index contributed by atoms with van der Waals surface area (Å²) in [5, 5.41) is 10.9. The highest BCUT2D eigenvalue weighted by atomic mass is 16.2. The highest BCUT2D eigenvalue weighted by Crippen LogP contribution is 2.42. The molecule has 1 aromatic rings. The van der Waals surface area contributed by atoms with Gasteiger partial charge in [0.15, 0.2) is 0 Å². The van der Waals surface area contributed by atoms with Gasteiger partial charge in [0.05, 0.1) is 12.1 Å². The van der Waals surface area contributed by atoms with Gasteiger partial charge in [-0.05, 0) is 55.4 Å². The summed E-state index contributed by atoms with van der Waals surface area (Å²) in [6.45, 7) is 11.3. The second kappa shape index (κ2) is 15.8. The number of amides is 5. The summed E-state index contributed by atoms with van der Waals surface area (Å²) in [7, 11) is 0. The van der Waals surface area contributed by atoms with Gasteiger partial charge in [-0.2, -0.15) is 0 Å². The van der Waals surface area contributed by atoms with Crippen molar-refractivity contribution in [2.24, 2.45) is 23.7 Å². The van der Waals surface area contributed by atoms with Gasteiger partial charge in [-0.25, -0.2) is 0 Å². The maximum atomic E-state index is 14.0. The maximum absolute atomic E-state index is 14.0. The van der Waals surface area contributed by atoms with Gasteiger partial charge in [-0.3, -0.25) is 28.8 Å². The minimum atomic E-state index is -1.03. The minimum Gasteiger partial charge on any atom is -0.347 e. The molecular formula is C33H49N5O6. The maximum Gasteiger partial charge on any atom is 0.290 e. The van der Waals surface area contributed by atoms with E-state index in [0.717, 1.165) is 24.8 Å². The molecule has 1 aliphatic carbocycles. The summed E-state index contributed by atoms with van der Waals surface area (Å²) in [5.41, 5.74) is 0.852. The highest BCUT2D eigenvalue weighted by Gasteiger charge is 2.51. The number of rotatable bonds is 15. The topological polar surface area (TPSA) is 154 Å². The van der Waals surface area contributed by atoms with Crippen molar-refractivity contribution in [1.82, 2.24) is 26.2 Å². The van der Waals surface area contributed by atoms with Crippen molar-refractivity contribution >= 4 is 35.8 Å². The van der Waals surface area contributed by atoms with E-state index in [1.54, 1.807) is 25.7 Å². The monoisotopic (exact) mass is 611 g/mol. The van der Waals surface area contributed by atoms with Crippen molar-refractivity contribution in [1.29, 1.82) is 0 Å². The summed E-state index contributed by atoms with van der Waals surface area (Å²) in [5.74, 6) is -3.23. The van der Waals surface area contributed by atoms with E-state index in [4.69, 9.17) is 0 Å². The first-order valence-electron chi connectivity index (χ1n) is 15.9. The minimum absolute atomic E-state index is 0.0769. The smallest absolute Gasteiger partial charge is 0.290 e. The molecule has 1 aromatic carbocycles. The predicted molar refractivity (Wildman–Crippen MR) is 166 cm³/mol. The molecule has 7 atom stereocenters. The number of Topliss-reactive ketones (excluding diaryl/α,β-unsaturated/α-hetero) is 1. The molecule has 2 fully saturated rings. The predicted octanol–water partition coefficient (Wildman–Crippen LogP) is 2.26. The van der Waals surface area contributed by atoms with Crippen LogP contribution in [0.15, 0.2) is 30.3 Å². The largest absolute Gasteiger partial charge is 0.347 e. The fraction of sp³-hybridized carbons (Fsp3) is 0.636. The van der Waals surface area contributed by atoms with E-state index >= 15 is 0 Å². The molecule has 11 heteroatoms. The molecule has 44 heavy (non-hydrogen) atoms. The number of fused-ring (bicyclic) bond motifs is 1. The molecule has 2 unspecified atom stereocenters. The van der Waals surface area contributed by atoms with Gasteiger partial charge in [0, 0.05) is 6.54 Å². The Morgan fingerprint density at radius 1 is 0.909 bits per heavy atom. The first kappa shape index (κ1) is 34.7.